The van der Waals surface area contributed by atoms with Gasteiger partial charge in [0.05, 0.1) is 0 Å². The van der Waals surface area contributed by atoms with Crippen LogP contribution in [-0.4, -0.2) is 6.54 Å². The normalized spacial score (nSPS) is 32.6. The molecule has 14 heavy (non-hydrogen) atoms. The topological polar surface area (TPSA) is 26.0 Å². The first-order valence-electron chi connectivity index (χ1n) is 5.62. The van der Waals surface area contributed by atoms with Crippen molar-refractivity contribution in [2.45, 2.75) is 24.7 Å². The lowest BCUT2D eigenvalue weighted by molar-refractivity contribution is 0.547. The van der Waals surface area contributed by atoms with Gasteiger partial charge in [-0.05, 0) is 48.6 Å². The van der Waals surface area contributed by atoms with Crippen LogP contribution in [0.3, 0.4) is 0 Å². The lowest BCUT2D eigenvalue weighted by Crippen LogP contribution is -2.13. The molecule has 0 bridgehead atoms. The molecule has 0 radical (unpaired) electrons. The van der Waals surface area contributed by atoms with Crippen molar-refractivity contribution in [1.82, 2.24) is 0 Å². The van der Waals surface area contributed by atoms with E-state index in [1.54, 1.807) is 5.56 Å². The highest BCUT2D eigenvalue weighted by Crippen LogP contribution is 2.64. The van der Waals surface area contributed by atoms with E-state index in [0.29, 0.717) is 5.41 Å². The Morgan fingerprint density at radius 2 is 1.93 bits per heavy atom. The summed E-state index contributed by atoms with van der Waals surface area (Å²) in [5.74, 6) is 1.72. The van der Waals surface area contributed by atoms with Gasteiger partial charge in [-0.15, -0.1) is 0 Å². The SMILES string of the molecule is NCC1CC1C1(c2ccccc2)CC1. The first-order chi connectivity index (χ1) is 6.87. The van der Waals surface area contributed by atoms with Gasteiger partial charge in [0.25, 0.3) is 0 Å². The Hall–Kier alpha value is -0.820. The summed E-state index contributed by atoms with van der Waals surface area (Å²) in [6.45, 7) is 0.888. The Bertz CT molecular complexity index is 326. The number of rotatable bonds is 3. The highest BCUT2D eigenvalue weighted by Gasteiger charge is 2.59. The maximum Gasteiger partial charge on any atom is -0.00149 e. The molecular formula is C13H17N. The first-order valence-corrected chi connectivity index (χ1v) is 5.62. The third-order valence-electron chi connectivity index (χ3n) is 4.07. The van der Waals surface area contributed by atoms with Crippen LogP contribution in [0.4, 0.5) is 0 Å². The standard InChI is InChI=1S/C13H17N/c14-9-10-8-12(10)13(6-7-13)11-4-2-1-3-5-11/h1-5,10,12H,6-9,14H2. The number of benzene rings is 1. The molecule has 1 aromatic rings. The lowest BCUT2D eigenvalue weighted by atomic mass is 9.89. The van der Waals surface area contributed by atoms with Gasteiger partial charge in [0.15, 0.2) is 0 Å². The van der Waals surface area contributed by atoms with E-state index in [1.165, 1.54) is 19.3 Å². The maximum absolute atomic E-state index is 5.73. The van der Waals surface area contributed by atoms with Gasteiger partial charge in [-0.2, -0.15) is 0 Å². The van der Waals surface area contributed by atoms with Gasteiger partial charge in [-0.3, -0.25) is 0 Å². The molecule has 0 heterocycles. The molecule has 3 rings (SSSR count). The molecule has 0 amide bonds. The summed E-state index contributed by atoms with van der Waals surface area (Å²) in [6.07, 6.45) is 4.14. The Kier molecular flexibility index (Phi) is 1.72. The molecule has 1 aromatic carbocycles. The molecule has 2 fully saturated rings. The van der Waals surface area contributed by atoms with Gasteiger partial charge >= 0.3 is 0 Å². The van der Waals surface area contributed by atoms with Crippen molar-refractivity contribution in [2.24, 2.45) is 17.6 Å². The highest BCUT2D eigenvalue weighted by molar-refractivity contribution is 5.34. The van der Waals surface area contributed by atoms with E-state index in [2.05, 4.69) is 30.3 Å². The van der Waals surface area contributed by atoms with E-state index in [1.807, 2.05) is 0 Å². The minimum atomic E-state index is 0.547. The van der Waals surface area contributed by atoms with Gasteiger partial charge in [-0.1, -0.05) is 30.3 Å². The lowest BCUT2D eigenvalue weighted by Gasteiger charge is -2.15. The van der Waals surface area contributed by atoms with Gasteiger partial charge < -0.3 is 5.73 Å². The fraction of sp³-hybridized carbons (Fsp3) is 0.538. The molecule has 2 aliphatic rings. The molecule has 0 saturated heterocycles. The molecule has 2 N–H and O–H groups in total. The second-order valence-electron chi connectivity index (χ2n) is 4.86. The Labute approximate surface area is 85.3 Å². The quantitative estimate of drug-likeness (QED) is 0.772. The molecule has 2 aliphatic carbocycles. The second kappa shape index (κ2) is 2.83. The summed E-state index contributed by atoms with van der Waals surface area (Å²) in [4.78, 5) is 0. The summed E-state index contributed by atoms with van der Waals surface area (Å²) in [6, 6.07) is 11.0. The zero-order valence-electron chi connectivity index (χ0n) is 8.45. The third-order valence-corrected chi connectivity index (χ3v) is 4.07. The van der Waals surface area contributed by atoms with Gasteiger partial charge in [0.1, 0.15) is 0 Å². The van der Waals surface area contributed by atoms with E-state index in [4.69, 9.17) is 5.73 Å². The van der Waals surface area contributed by atoms with Crippen LogP contribution in [-0.2, 0) is 5.41 Å². The van der Waals surface area contributed by atoms with Crippen molar-refractivity contribution in [3.63, 3.8) is 0 Å². The molecule has 1 nitrogen and oxygen atoms in total. The Morgan fingerprint density at radius 3 is 2.43 bits per heavy atom. The number of nitrogens with two attached hydrogens (primary N) is 1. The van der Waals surface area contributed by atoms with Crippen molar-refractivity contribution < 1.29 is 0 Å². The summed E-state index contributed by atoms with van der Waals surface area (Å²) in [7, 11) is 0. The van der Waals surface area contributed by atoms with E-state index in [9.17, 15) is 0 Å². The summed E-state index contributed by atoms with van der Waals surface area (Å²) in [5, 5.41) is 0. The van der Waals surface area contributed by atoms with Crippen LogP contribution in [0.25, 0.3) is 0 Å². The van der Waals surface area contributed by atoms with Gasteiger partial charge in [0.2, 0.25) is 0 Å². The summed E-state index contributed by atoms with van der Waals surface area (Å²) < 4.78 is 0. The largest absolute Gasteiger partial charge is 0.330 e. The molecule has 0 spiro atoms. The number of hydrogen-bond donors (Lipinski definition) is 1. The van der Waals surface area contributed by atoms with E-state index >= 15 is 0 Å². The second-order valence-corrected chi connectivity index (χ2v) is 4.86. The van der Waals surface area contributed by atoms with E-state index in [-0.39, 0.29) is 0 Å². The third kappa shape index (κ3) is 1.12. The van der Waals surface area contributed by atoms with Crippen molar-refractivity contribution in [1.29, 1.82) is 0 Å². The van der Waals surface area contributed by atoms with Gasteiger partial charge in [-0.25, -0.2) is 0 Å². The van der Waals surface area contributed by atoms with Crippen LogP contribution < -0.4 is 5.73 Å². The van der Waals surface area contributed by atoms with Crippen LogP contribution >= 0.6 is 0 Å². The smallest absolute Gasteiger partial charge is 0.00149 e. The molecular weight excluding hydrogens is 170 g/mol. The first kappa shape index (κ1) is 8.49. The van der Waals surface area contributed by atoms with E-state index in [0.717, 1.165) is 18.4 Å². The van der Waals surface area contributed by atoms with Gasteiger partial charge in [0, 0.05) is 0 Å². The predicted molar refractivity (Wildman–Crippen MR) is 58.0 cm³/mol. The predicted octanol–water partition coefficient (Wildman–Crippen LogP) is 2.31. The Morgan fingerprint density at radius 1 is 1.21 bits per heavy atom. The molecule has 1 heteroatoms. The molecule has 0 aromatic heterocycles. The van der Waals surface area contributed by atoms with Crippen molar-refractivity contribution in [2.75, 3.05) is 6.54 Å². The average molecular weight is 187 g/mol. The highest BCUT2D eigenvalue weighted by atomic mass is 14.7. The van der Waals surface area contributed by atoms with Crippen LogP contribution in [0.1, 0.15) is 24.8 Å². The van der Waals surface area contributed by atoms with E-state index < -0.39 is 0 Å². The molecule has 2 saturated carbocycles. The fourth-order valence-electron chi connectivity index (χ4n) is 2.96. The van der Waals surface area contributed by atoms with Crippen molar-refractivity contribution >= 4 is 0 Å². The summed E-state index contributed by atoms with van der Waals surface area (Å²) in [5.41, 5.74) is 7.83. The summed E-state index contributed by atoms with van der Waals surface area (Å²) >= 11 is 0. The van der Waals surface area contributed by atoms with Crippen LogP contribution in [0.15, 0.2) is 30.3 Å². The zero-order valence-corrected chi connectivity index (χ0v) is 8.45. The minimum absolute atomic E-state index is 0.547. The zero-order chi connectivity index (χ0) is 9.60. The van der Waals surface area contributed by atoms with Crippen molar-refractivity contribution in [3.05, 3.63) is 35.9 Å². The van der Waals surface area contributed by atoms with Crippen LogP contribution in [0.2, 0.25) is 0 Å². The monoisotopic (exact) mass is 187 g/mol. The minimum Gasteiger partial charge on any atom is -0.330 e. The maximum atomic E-state index is 5.73. The molecule has 2 unspecified atom stereocenters. The van der Waals surface area contributed by atoms with Crippen LogP contribution in [0, 0.1) is 11.8 Å². The average Bonchev–Trinajstić information content (AvgIpc) is 3.12. The van der Waals surface area contributed by atoms with Crippen molar-refractivity contribution in [3.8, 4) is 0 Å². The molecule has 2 atom stereocenters. The Balaban J connectivity index is 1.85. The molecule has 0 aliphatic heterocycles. The number of hydrogen-bond acceptors (Lipinski definition) is 1. The van der Waals surface area contributed by atoms with Crippen LogP contribution in [0.5, 0.6) is 0 Å². The molecule has 74 valence electrons. The fourth-order valence-corrected chi connectivity index (χ4v) is 2.96.